The molecule has 1 aromatic carbocycles. The van der Waals surface area contributed by atoms with Gasteiger partial charge in [-0.15, -0.1) is 0 Å². The van der Waals surface area contributed by atoms with E-state index < -0.39 is 35.6 Å². The van der Waals surface area contributed by atoms with E-state index in [1.807, 2.05) is 50.3 Å². The average molecular weight is 416 g/mol. The van der Waals surface area contributed by atoms with E-state index in [9.17, 15) is 24.4 Å². The summed E-state index contributed by atoms with van der Waals surface area (Å²) < 4.78 is 0. The van der Waals surface area contributed by atoms with Crippen molar-refractivity contribution in [2.75, 3.05) is 13.6 Å². The molecule has 5 amide bonds. The van der Waals surface area contributed by atoms with E-state index in [4.69, 9.17) is 0 Å². The van der Waals surface area contributed by atoms with Crippen molar-refractivity contribution in [3.05, 3.63) is 42.0 Å². The van der Waals surface area contributed by atoms with Crippen molar-refractivity contribution in [3.63, 3.8) is 0 Å². The molecule has 1 saturated heterocycles. The number of carbonyl (C=O) groups is 4. The lowest BCUT2D eigenvalue weighted by Crippen LogP contribution is -2.51. The molecule has 162 valence electrons. The molecular formula is C21H28N4O5. The van der Waals surface area contributed by atoms with Gasteiger partial charge in [0.15, 0.2) is 0 Å². The van der Waals surface area contributed by atoms with E-state index in [-0.39, 0.29) is 18.9 Å². The minimum Gasteiger partial charge on any atom is -0.316 e. The fourth-order valence-corrected chi connectivity index (χ4v) is 3.34. The van der Waals surface area contributed by atoms with Crippen molar-refractivity contribution in [2.24, 2.45) is 17.8 Å². The van der Waals surface area contributed by atoms with Crippen molar-refractivity contribution in [1.29, 1.82) is 0 Å². The molecule has 0 saturated carbocycles. The molecule has 0 aromatic heterocycles. The molecule has 1 aromatic rings. The molecule has 0 bridgehead atoms. The number of amides is 5. The van der Waals surface area contributed by atoms with Gasteiger partial charge in [0.1, 0.15) is 6.54 Å². The molecule has 9 nitrogen and oxygen atoms in total. The summed E-state index contributed by atoms with van der Waals surface area (Å²) >= 11 is 0. The van der Waals surface area contributed by atoms with E-state index in [2.05, 4.69) is 5.43 Å². The van der Waals surface area contributed by atoms with Crippen LogP contribution in [0.15, 0.2) is 36.4 Å². The number of hydroxylamine groups is 1. The summed E-state index contributed by atoms with van der Waals surface area (Å²) in [5, 5.41) is 9.88. The third-order valence-electron chi connectivity index (χ3n) is 4.86. The van der Waals surface area contributed by atoms with Gasteiger partial charge >= 0.3 is 6.03 Å². The first kappa shape index (κ1) is 23.1. The van der Waals surface area contributed by atoms with E-state index >= 15 is 0 Å². The maximum atomic E-state index is 13.0. The van der Waals surface area contributed by atoms with E-state index in [1.165, 1.54) is 11.9 Å². The monoisotopic (exact) mass is 416 g/mol. The highest BCUT2D eigenvalue weighted by molar-refractivity contribution is 6.03. The number of carbonyl (C=O) groups excluding carboxylic acids is 4. The standard InChI is InChI=1S/C21H28N4O5/c1-14(2)12-17(19(27)22-25-18(26)13-24(3)21(25)29)16(20(28)23-30)11-7-10-15-8-5-4-6-9-15/h4-10,14,16-17,30H,11-13H2,1-3H3,(H,22,27)(H,23,28)/b10-7-/t16-,17?/m1/s1. The number of nitrogens with one attached hydrogen (secondary N) is 2. The molecular weight excluding hydrogens is 388 g/mol. The smallest absolute Gasteiger partial charge is 0.316 e. The van der Waals surface area contributed by atoms with Crippen molar-refractivity contribution < 1.29 is 24.4 Å². The Balaban J connectivity index is 2.21. The Morgan fingerprint density at radius 3 is 2.33 bits per heavy atom. The minimum atomic E-state index is -0.886. The van der Waals surface area contributed by atoms with Crippen LogP contribution in [0, 0.1) is 17.8 Å². The average Bonchev–Trinajstić information content (AvgIpc) is 2.95. The van der Waals surface area contributed by atoms with E-state index in [1.54, 1.807) is 11.6 Å². The van der Waals surface area contributed by atoms with Crippen LogP contribution < -0.4 is 10.9 Å². The first-order valence-electron chi connectivity index (χ1n) is 9.78. The molecule has 2 atom stereocenters. The van der Waals surface area contributed by atoms with Crippen LogP contribution in [0.3, 0.4) is 0 Å². The maximum Gasteiger partial charge on any atom is 0.346 e. The normalized spacial score (nSPS) is 16.3. The van der Waals surface area contributed by atoms with Gasteiger partial charge in [0, 0.05) is 7.05 Å². The number of likely N-dealkylation sites (N-methyl/N-ethyl adjacent to an activating group) is 1. The van der Waals surface area contributed by atoms with Gasteiger partial charge < -0.3 is 4.90 Å². The summed E-state index contributed by atoms with van der Waals surface area (Å²) in [4.78, 5) is 50.6. The van der Waals surface area contributed by atoms with Crippen LogP contribution in [-0.2, 0) is 14.4 Å². The number of hydrogen-bond donors (Lipinski definition) is 3. The quantitative estimate of drug-likeness (QED) is 0.322. The van der Waals surface area contributed by atoms with Crippen LogP contribution in [0.5, 0.6) is 0 Å². The Morgan fingerprint density at radius 1 is 1.13 bits per heavy atom. The number of rotatable bonds is 9. The third kappa shape index (κ3) is 5.90. The van der Waals surface area contributed by atoms with Gasteiger partial charge in [-0.25, -0.2) is 10.3 Å². The van der Waals surface area contributed by atoms with Crippen LogP contribution in [0.2, 0.25) is 0 Å². The Bertz CT molecular complexity index is 809. The van der Waals surface area contributed by atoms with Crippen LogP contribution in [0.25, 0.3) is 6.08 Å². The second kappa shape index (κ2) is 10.5. The van der Waals surface area contributed by atoms with Crippen molar-refractivity contribution in [3.8, 4) is 0 Å². The molecule has 2 rings (SSSR count). The fourth-order valence-electron chi connectivity index (χ4n) is 3.34. The number of urea groups is 1. The van der Waals surface area contributed by atoms with Crippen molar-refractivity contribution in [2.45, 2.75) is 26.7 Å². The molecule has 0 spiro atoms. The second-order valence-electron chi connectivity index (χ2n) is 7.71. The Hall–Kier alpha value is -3.20. The second-order valence-corrected chi connectivity index (χ2v) is 7.71. The predicted octanol–water partition coefficient (Wildman–Crippen LogP) is 1.80. The highest BCUT2D eigenvalue weighted by atomic mass is 16.5. The largest absolute Gasteiger partial charge is 0.346 e. The summed E-state index contributed by atoms with van der Waals surface area (Å²) in [5.74, 6) is -3.56. The zero-order valence-electron chi connectivity index (χ0n) is 17.4. The van der Waals surface area contributed by atoms with Gasteiger partial charge in [0.25, 0.3) is 5.91 Å². The van der Waals surface area contributed by atoms with Gasteiger partial charge in [-0.3, -0.25) is 25.0 Å². The molecule has 1 heterocycles. The van der Waals surface area contributed by atoms with E-state index in [0.717, 1.165) is 5.56 Å². The summed E-state index contributed by atoms with van der Waals surface area (Å²) in [6.07, 6.45) is 4.10. The Labute approximate surface area is 175 Å². The van der Waals surface area contributed by atoms with Crippen molar-refractivity contribution in [1.82, 2.24) is 20.8 Å². The number of nitrogens with zero attached hydrogens (tertiary/aromatic N) is 2. The topological polar surface area (TPSA) is 119 Å². The van der Waals surface area contributed by atoms with Gasteiger partial charge in [-0.05, 0) is 24.3 Å². The molecule has 1 aliphatic heterocycles. The third-order valence-corrected chi connectivity index (χ3v) is 4.86. The van der Waals surface area contributed by atoms with Crippen molar-refractivity contribution >= 4 is 29.8 Å². The van der Waals surface area contributed by atoms with Crippen LogP contribution in [0.1, 0.15) is 32.3 Å². The molecule has 0 aliphatic carbocycles. The molecule has 0 radical (unpaired) electrons. The van der Waals surface area contributed by atoms with Gasteiger partial charge in [-0.2, -0.15) is 5.01 Å². The lowest BCUT2D eigenvalue weighted by molar-refractivity contribution is -0.144. The molecule has 30 heavy (non-hydrogen) atoms. The minimum absolute atomic E-state index is 0.0560. The highest BCUT2D eigenvalue weighted by Gasteiger charge is 2.39. The lowest BCUT2D eigenvalue weighted by Gasteiger charge is -2.27. The summed E-state index contributed by atoms with van der Waals surface area (Å²) in [5.41, 5.74) is 4.91. The molecule has 1 fully saturated rings. The summed E-state index contributed by atoms with van der Waals surface area (Å²) in [7, 11) is 1.45. The zero-order chi connectivity index (χ0) is 22.3. The number of allylic oxidation sites excluding steroid dienone is 1. The Morgan fingerprint density at radius 2 is 1.80 bits per heavy atom. The molecule has 1 unspecified atom stereocenters. The highest BCUT2D eigenvalue weighted by Crippen LogP contribution is 2.26. The maximum absolute atomic E-state index is 13.0. The molecule has 3 N–H and O–H groups in total. The lowest BCUT2D eigenvalue weighted by atomic mass is 9.82. The van der Waals surface area contributed by atoms with Crippen LogP contribution >= 0.6 is 0 Å². The first-order chi connectivity index (χ1) is 14.2. The predicted molar refractivity (Wildman–Crippen MR) is 109 cm³/mol. The molecule has 9 heteroatoms. The summed E-state index contributed by atoms with van der Waals surface area (Å²) in [6.45, 7) is 3.66. The SMILES string of the molecule is CC(C)CC(C(=O)NN1C(=O)CN(C)C1=O)[C@@H](C/C=C\c1ccccc1)C(=O)NO. The van der Waals surface area contributed by atoms with Gasteiger partial charge in [0.05, 0.1) is 11.8 Å². The van der Waals surface area contributed by atoms with Gasteiger partial charge in [-0.1, -0.05) is 56.3 Å². The summed E-state index contributed by atoms with van der Waals surface area (Å²) in [6, 6.07) is 8.82. The van der Waals surface area contributed by atoms with Crippen LogP contribution in [-0.4, -0.2) is 52.5 Å². The van der Waals surface area contributed by atoms with Crippen LogP contribution in [0.4, 0.5) is 4.79 Å². The number of hydrazine groups is 1. The Kier molecular flexibility index (Phi) is 8.11. The van der Waals surface area contributed by atoms with E-state index in [0.29, 0.717) is 11.4 Å². The number of imide groups is 1. The molecule has 1 aliphatic rings. The van der Waals surface area contributed by atoms with Gasteiger partial charge in [0.2, 0.25) is 11.8 Å². The number of hydrogen-bond acceptors (Lipinski definition) is 5. The number of benzene rings is 1. The first-order valence-corrected chi connectivity index (χ1v) is 9.78. The fraction of sp³-hybridized carbons (Fsp3) is 0.429. The zero-order valence-corrected chi connectivity index (χ0v) is 17.4.